The molecule has 4 rings (SSSR count). The van der Waals surface area contributed by atoms with Crippen LogP contribution >= 0.6 is 0 Å². The van der Waals surface area contributed by atoms with E-state index in [4.69, 9.17) is 5.73 Å². The molecule has 47 heavy (non-hydrogen) atoms. The third-order valence-electron chi connectivity index (χ3n) is 10.3. The number of hydrogen-bond donors (Lipinski definition) is 7. The lowest BCUT2D eigenvalue weighted by Gasteiger charge is -2.50. The summed E-state index contributed by atoms with van der Waals surface area (Å²) in [6.45, 7) is 3.88. The van der Waals surface area contributed by atoms with Gasteiger partial charge in [0.25, 0.3) is 5.91 Å². The molecule has 0 unspecified atom stereocenters. The number of nitrogens with two attached hydrogens (primary N) is 1. The van der Waals surface area contributed by atoms with Gasteiger partial charge in [-0.15, -0.1) is 0 Å². The maximum atomic E-state index is 13.8. The number of hydrogen-bond acceptors (Lipinski definition) is 9. The number of primary amides is 1. The Bertz CT molecular complexity index is 1450. The van der Waals surface area contributed by atoms with Crippen LogP contribution < -0.4 is 11.1 Å². The maximum Gasteiger partial charge on any atom is 0.255 e. The number of ketones is 2. The summed E-state index contributed by atoms with van der Waals surface area (Å²) in [5.74, 6) is -9.62. The molecule has 0 saturated heterocycles. The highest BCUT2D eigenvalue weighted by Gasteiger charge is 2.64. The van der Waals surface area contributed by atoms with E-state index in [1.807, 2.05) is 0 Å². The Hall–Kier alpha value is -3.70. The number of rotatable bonds is 16. The van der Waals surface area contributed by atoms with Crippen LogP contribution in [0, 0.1) is 11.8 Å². The van der Waals surface area contributed by atoms with Crippen LogP contribution in [0.2, 0.25) is 0 Å². The molecule has 5 atom stereocenters. The van der Waals surface area contributed by atoms with Crippen LogP contribution in [0.1, 0.15) is 127 Å². The minimum atomic E-state index is -2.90. The predicted octanol–water partition coefficient (Wildman–Crippen LogP) is 5.38. The lowest BCUT2D eigenvalue weighted by atomic mass is 9.55. The molecule has 0 spiro atoms. The summed E-state index contributed by atoms with van der Waals surface area (Å²) >= 11 is 0. The van der Waals surface area contributed by atoms with Crippen molar-refractivity contribution in [1.82, 2.24) is 0 Å². The van der Waals surface area contributed by atoms with Crippen molar-refractivity contribution in [2.75, 3.05) is 5.32 Å². The Morgan fingerprint density at radius 2 is 1.47 bits per heavy atom. The number of Topliss-reactive ketones (excluding diaryl/α,β-unsaturated/α-hetero) is 2. The van der Waals surface area contributed by atoms with Crippen molar-refractivity contribution in [3.05, 3.63) is 40.2 Å². The number of unbranched alkanes of at least 4 members (excludes halogenated alkanes) is 12. The Balaban J connectivity index is 1.40. The molecular weight excluding hydrogens is 604 g/mol. The van der Waals surface area contributed by atoms with Crippen molar-refractivity contribution < 1.29 is 44.7 Å². The van der Waals surface area contributed by atoms with Gasteiger partial charge in [-0.1, -0.05) is 97.0 Å². The summed E-state index contributed by atoms with van der Waals surface area (Å²) in [5.41, 5.74) is 1.15. The van der Waals surface area contributed by atoms with Crippen molar-refractivity contribution in [3.8, 4) is 5.75 Å². The van der Waals surface area contributed by atoms with Gasteiger partial charge < -0.3 is 36.6 Å². The maximum absolute atomic E-state index is 13.8. The average molecular weight is 655 g/mol. The molecule has 258 valence electrons. The van der Waals surface area contributed by atoms with Crippen molar-refractivity contribution in [2.24, 2.45) is 17.6 Å². The van der Waals surface area contributed by atoms with E-state index in [0.717, 1.165) is 19.3 Å². The topological polar surface area (TPSA) is 207 Å². The molecule has 0 heterocycles. The molecule has 2 amide bonds. The number of aromatic hydroxyl groups is 1. The largest absolute Gasteiger partial charge is 0.508 e. The van der Waals surface area contributed by atoms with Gasteiger partial charge in [-0.05, 0) is 24.0 Å². The number of benzene rings is 1. The first-order valence-electron chi connectivity index (χ1n) is 17.2. The summed E-state index contributed by atoms with van der Waals surface area (Å²) in [5, 5.41) is 58.8. The molecule has 1 aromatic carbocycles. The van der Waals surface area contributed by atoms with Crippen molar-refractivity contribution >= 4 is 34.8 Å². The Labute approximate surface area is 275 Å². The zero-order chi connectivity index (χ0) is 34.5. The Morgan fingerprint density at radius 3 is 2.02 bits per heavy atom. The van der Waals surface area contributed by atoms with Gasteiger partial charge in [0.15, 0.2) is 11.4 Å². The SMILES string of the molecule is CCCCCCCCCCCCCCCC(=O)Nc1ccc2c(c1O)C(O)=C1C(=O)[C@]3(O)C(O)=C(C(N)=O)C(=O)C[C@@H]3[C@@H](O)[C@@H]1[C@H]2C. The number of phenols is 1. The fraction of sp³-hybridized carbons (Fsp3) is 0.611. The van der Waals surface area contributed by atoms with Gasteiger partial charge in [0.1, 0.15) is 22.8 Å². The van der Waals surface area contributed by atoms with E-state index in [9.17, 15) is 44.7 Å². The van der Waals surface area contributed by atoms with Crippen LogP contribution in [0.4, 0.5) is 5.69 Å². The third kappa shape index (κ3) is 7.11. The molecule has 3 aliphatic rings. The van der Waals surface area contributed by atoms with Crippen molar-refractivity contribution in [3.63, 3.8) is 0 Å². The minimum Gasteiger partial charge on any atom is -0.508 e. The van der Waals surface area contributed by atoms with E-state index < -0.39 is 81.8 Å². The first kappa shape index (κ1) is 36.1. The van der Waals surface area contributed by atoms with Crippen molar-refractivity contribution in [1.29, 1.82) is 0 Å². The van der Waals surface area contributed by atoms with Gasteiger partial charge in [-0.3, -0.25) is 19.2 Å². The van der Waals surface area contributed by atoms with Crippen LogP contribution in [0.15, 0.2) is 29.0 Å². The fourth-order valence-electron chi connectivity index (χ4n) is 7.61. The zero-order valence-electron chi connectivity index (χ0n) is 27.5. The van der Waals surface area contributed by atoms with Crippen LogP contribution in [0.3, 0.4) is 0 Å². The molecule has 1 saturated carbocycles. The van der Waals surface area contributed by atoms with Crippen LogP contribution in [-0.4, -0.2) is 60.6 Å². The fourth-order valence-corrected chi connectivity index (χ4v) is 7.61. The molecule has 0 radical (unpaired) electrons. The normalized spacial score (nSPS) is 25.4. The second-order valence-corrected chi connectivity index (χ2v) is 13.5. The van der Waals surface area contributed by atoms with Gasteiger partial charge in [0.05, 0.1) is 17.4 Å². The van der Waals surface area contributed by atoms with E-state index in [2.05, 4.69) is 12.2 Å². The highest BCUT2D eigenvalue weighted by molar-refractivity contribution is 6.23. The number of nitrogens with one attached hydrogen (secondary N) is 1. The Morgan fingerprint density at radius 1 is 0.915 bits per heavy atom. The number of carbonyl (C=O) groups excluding carboxylic acids is 4. The highest BCUT2D eigenvalue weighted by atomic mass is 16.4. The first-order chi connectivity index (χ1) is 22.4. The first-order valence-corrected chi connectivity index (χ1v) is 17.2. The number of aliphatic hydroxyl groups is 4. The average Bonchev–Trinajstić information content (AvgIpc) is 3.02. The van der Waals surface area contributed by atoms with Crippen LogP contribution in [-0.2, 0) is 19.2 Å². The van der Waals surface area contributed by atoms with E-state index in [1.54, 1.807) is 13.0 Å². The number of aliphatic hydroxyl groups excluding tert-OH is 3. The van der Waals surface area contributed by atoms with Gasteiger partial charge in [-0.2, -0.15) is 0 Å². The zero-order valence-corrected chi connectivity index (χ0v) is 27.5. The van der Waals surface area contributed by atoms with Gasteiger partial charge >= 0.3 is 0 Å². The summed E-state index contributed by atoms with van der Waals surface area (Å²) in [6.07, 6.45) is 13.4. The summed E-state index contributed by atoms with van der Waals surface area (Å²) < 4.78 is 0. The van der Waals surface area contributed by atoms with E-state index in [-0.39, 0.29) is 23.6 Å². The number of phenolic OH excluding ortho intramolecular Hbond substituents is 1. The Kier molecular flexibility index (Phi) is 11.9. The van der Waals surface area contributed by atoms with Gasteiger partial charge in [-0.25, -0.2) is 0 Å². The quantitative estimate of drug-likeness (QED) is 0.0693. The lowest BCUT2D eigenvalue weighted by molar-refractivity contribution is -0.160. The molecule has 11 nitrogen and oxygen atoms in total. The molecular formula is C36H50N2O9. The molecule has 11 heteroatoms. The lowest BCUT2D eigenvalue weighted by Crippen LogP contribution is -2.63. The number of amides is 2. The van der Waals surface area contributed by atoms with Gasteiger partial charge in [0.2, 0.25) is 11.7 Å². The minimum absolute atomic E-state index is 0.0173. The van der Waals surface area contributed by atoms with E-state index in [0.29, 0.717) is 12.0 Å². The highest BCUT2D eigenvalue weighted by Crippen LogP contribution is 2.56. The van der Waals surface area contributed by atoms with Crippen LogP contribution in [0.25, 0.3) is 5.76 Å². The van der Waals surface area contributed by atoms with E-state index in [1.165, 1.54) is 63.9 Å². The molecule has 1 fully saturated rings. The smallest absolute Gasteiger partial charge is 0.255 e. The molecule has 8 N–H and O–H groups in total. The molecule has 3 aliphatic carbocycles. The number of fused-ring (bicyclic) bond motifs is 3. The third-order valence-corrected chi connectivity index (χ3v) is 10.3. The van der Waals surface area contributed by atoms with Crippen molar-refractivity contribution in [2.45, 2.75) is 128 Å². The molecule has 0 aliphatic heterocycles. The number of anilines is 1. The van der Waals surface area contributed by atoms with Gasteiger partial charge in [0, 0.05) is 30.3 Å². The summed E-state index contributed by atoms with van der Waals surface area (Å²) in [6, 6.07) is 3.05. The second-order valence-electron chi connectivity index (χ2n) is 13.5. The summed E-state index contributed by atoms with van der Waals surface area (Å²) in [7, 11) is 0. The molecule has 0 bridgehead atoms. The summed E-state index contributed by atoms with van der Waals surface area (Å²) in [4.78, 5) is 51.0. The monoisotopic (exact) mass is 654 g/mol. The predicted molar refractivity (Wildman–Crippen MR) is 176 cm³/mol. The second kappa shape index (κ2) is 15.5. The molecule has 1 aromatic rings. The van der Waals surface area contributed by atoms with E-state index >= 15 is 0 Å². The standard InChI is InChI=1S/C36H50N2O9/c1-3-4-5-6-7-8-9-10-11-12-13-14-15-16-25(40)38-23-18-17-21-20(2)26-29(32(43)27(21)31(23)42)34(45)36(47)22(30(26)41)19-24(39)28(33(36)44)35(37)46/h17-18,20,22,26,30,41-44,47H,3-16,19H2,1-2H3,(H2,37,46)(H,38,40)/t20-,22+,26+,30+,36+/m0/s1. The molecule has 0 aromatic heterocycles. The number of carbonyl (C=O) groups is 4. The van der Waals surface area contributed by atoms with Crippen LogP contribution in [0.5, 0.6) is 5.75 Å².